The maximum atomic E-state index is 14.5. The van der Waals surface area contributed by atoms with E-state index in [-0.39, 0.29) is 52.7 Å². The number of ether oxygens (including phenoxy) is 4. The number of benzene rings is 2. The van der Waals surface area contributed by atoms with E-state index in [9.17, 15) is 43.3 Å². The average Bonchev–Trinajstić information content (AvgIpc) is 3.61. The van der Waals surface area contributed by atoms with E-state index >= 15 is 0 Å². The number of aromatic nitrogens is 2. The molecule has 4 saturated carbocycles. The van der Waals surface area contributed by atoms with Gasteiger partial charge in [0.25, 0.3) is 9.84 Å². The standard InChI is InChI=1S/C39H42N2O14S/c1-21-23-14-15-26-37-20-53-39(47,30(44)28(37)36(2,3)17-16-27(37)42)38(26,29(21)43)31(23)54-35(46)25-13-8-7-12-24(25)34(45)52-19-9-18-51-32-33(41(48)55-40-32)56(49,50)22-10-5-4-6-11-22/h4-8,10-13,23,26-28,30-31,42,44,47H,1,9,14-20H2,2-3H3/t23-,26-,27-,28+,30-,31+,37+,38-,39-/m0/s1. The highest BCUT2D eigenvalue weighted by atomic mass is 32.2. The van der Waals surface area contributed by atoms with Crippen molar-refractivity contribution in [3.8, 4) is 5.88 Å². The number of rotatable bonds is 10. The van der Waals surface area contributed by atoms with E-state index in [0.29, 0.717) is 25.7 Å². The molecular weight excluding hydrogens is 752 g/mol. The van der Waals surface area contributed by atoms with Crippen molar-refractivity contribution in [1.29, 1.82) is 0 Å². The fourth-order valence-corrected chi connectivity index (χ4v) is 12.1. The lowest BCUT2D eigenvalue weighted by atomic mass is 9.35. The van der Waals surface area contributed by atoms with Gasteiger partial charge in [0, 0.05) is 23.7 Å². The van der Waals surface area contributed by atoms with Crippen molar-refractivity contribution in [1.82, 2.24) is 5.16 Å². The zero-order chi connectivity index (χ0) is 40.0. The molecule has 2 saturated heterocycles. The molecule has 56 heavy (non-hydrogen) atoms. The number of carbonyl (C=O) groups is 3. The van der Waals surface area contributed by atoms with E-state index in [2.05, 4.69) is 16.4 Å². The smallest absolute Gasteiger partial charge is 0.414 e. The third kappa shape index (κ3) is 5.10. The maximum Gasteiger partial charge on any atom is 0.414 e. The quantitative estimate of drug-likeness (QED) is 0.116. The van der Waals surface area contributed by atoms with Crippen LogP contribution in [0.15, 0.2) is 81.3 Å². The highest BCUT2D eigenvalue weighted by Gasteiger charge is 2.87. The lowest BCUT2D eigenvalue weighted by Crippen LogP contribution is -2.85. The largest absolute Gasteiger partial charge is 0.462 e. The molecule has 1 aromatic heterocycles. The van der Waals surface area contributed by atoms with Gasteiger partial charge in [-0.25, -0.2) is 18.0 Å². The molecule has 0 amide bonds. The van der Waals surface area contributed by atoms with Gasteiger partial charge in [0.1, 0.15) is 17.6 Å². The van der Waals surface area contributed by atoms with E-state index < -0.39 is 96.6 Å². The van der Waals surface area contributed by atoms with Crippen LogP contribution in [-0.4, -0.2) is 90.5 Å². The topological polar surface area (TPSA) is 236 Å². The first-order chi connectivity index (χ1) is 26.5. The van der Waals surface area contributed by atoms with Crippen LogP contribution in [-0.2, 0) is 28.8 Å². The summed E-state index contributed by atoms with van der Waals surface area (Å²) in [4.78, 5) is 41.5. The number of aliphatic hydroxyl groups excluding tert-OH is 2. The zero-order valence-corrected chi connectivity index (χ0v) is 31.5. The Labute approximate surface area is 321 Å². The van der Waals surface area contributed by atoms with Crippen molar-refractivity contribution in [3.63, 3.8) is 0 Å². The Morgan fingerprint density at radius 1 is 1.02 bits per heavy atom. The Hall–Kier alpha value is -4.68. The summed E-state index contributed by atoms with van der Waals surface area (Å²) in [6.07, 6.45) is -2.12. The summed E-state index contributed by atoms with van der Waals surface area (Å²) in [5, 5.41) is 50.9. The number of Topliss-reactive ketones (excluding diaryl/α,β-unsaturated/α-hetero) is 1. The van der Waals surface area contributed by atoms with Gasteiger partial charge in [0.05, 0.1) is 47.1 Å². The maximum absolute atomic E-state index is 14.5. The van der Waals surface area contributed by atoms with Crippen molar-refractivity contribution in [2.75, 3.05) is 19.8 Å². The van der Waals surface area contributed by atoms with Crippen LogP contribution in [0.4, 0.5) is 0 Å². The Morgan fingerprint density at radius 2 is 1.70 bits per heavy atom. The molecular formula is C39H42N2O14S. The molecule has 3 aromatic rings. The van der Waals surface area contributed by atoms with Gasteiger partial charge in [0.2, 0.25) is 5.79 Å². The average molecular weight is 795 g/mol. The van der Waals surface area contributed by atoms with Crippen LogP contribution in [0.2, 0.25) is 0 Å². The monoisotopic (exact) mass is 794 g/mol. The predicted molar refractivity (Wildman–Crippen MR) is 188 cm³/mol. The molecule has 0 unspecified atom stereocenters. The van der Waals surface area contributed by atoms with Crippen molar-refractivity contribution >= 4 is 27.6 Å². The molecule has 298 valence electrons. The molecule has 9 atom stereocenters. The molecule has 6 aliphatic rings. The van der Waals surface area contributed by atoms with E-state index in [4.69, 9.17) is 18.9 Å². The third-order valence-corrected chi connectivity index (χ3v) is 14.8. The first-order valence-electron chi connectivity index (χ1n) is 18.5. The van der Waals surface area contributed by atoms with Crippen LogP contribution >= 0.6 is 0 Å². The Morgan fingerprint density at radius 3 is 2.41 bits per heavy atom. The third-order valence-electron chi connectivity index (χ3n) is 13.1. The summed E-state index contributed by atoms with van der Waals surface area (Å²) in [7, 11) is -4.34. The lowest BCUT2D eigenvalue weighted by Gasteiger charge is -2.74. The summed E-state index contributed by atoms with van der Waals surface area (Å²) < 4.78 is 53.6. The fraction of sp³-hybridized carbons (Fsp3) is 0.513. The van der Waals surface area contributed by atoms with Crippen molar-refractivity contribution in [2.24, 2.45) is 34.0 Å². The normalized spacial score (nSPS) is 34.0. The molecule has 16 nitrogen and oxygen atoms in total. The first kappa shape index (κ1) is 38.2. The summed E-state index contributed by atoms with van der Waals surface area (Å²) in [6, 6.07) is 12.9. The number of hydrogen-bond acceptors (Lipinski definition) is 15. The Kier molecular flexibility index (Phi) is 9.00. The molecule has 6 fully saturated rings. The highest BCUT2D eigenvalue weighted by molar-refractivity contribution is 7.91. The molecule has 2 aromatic carbocycles. The second-order valence-corrected chi connectivity index (χ2v) is 18.0. The van der Waals surface area contributed by atoms with E-state index in [1.54, 1.807) is 6.07 Å². The Balaban J connectivity index is 0.991. The summed E-state index contributed by atoms with van der Waals surface area (Å²) in [5.74, 6) is -7.55. The number of carbonyl (C=O) groups excluding carboxylic acids is 3. The van der Waals surface area contributed by atoms with Gasteiger partial charge >= 0.3 is 22.8 Å². The first-order valence-corrected chi connectivity index (χ1v) is 20.0. The minimum absolute atomic E-state index is 0.0130. The number of fused-ring (bicyclic) bond motifs is 2. The van der Waals surface area contributed by atoms with E-state index in [0.717, 1.165) is 0 Å². The van der Waals surface area contributed by atoms with E-state index in [1.165, 1.54) is 48.5 Å². The molecule has 17 heteroatoms. The van der Waals surface area contributed by atoms with Gasteiger partial charge in [-0.2, -0.15) is 0 Å². The van der Waals surface area contributed by atoms with Crippen LogP contribution < -0.4 is 9.64 Å². The minimum atomic E-state index is -4.34. The second-order valence-electron chi connectivity index (χ2n) is 16.1. The van der Waals surface area contributed by atoms with Crippen LogP contribution in [0.3, 0.4) is 0 Å². The molecule has 0 radical (unpaired) electrons. The van der Waals surface area contributed by atoms with Crippen molar-refractivity contribution < 1.29 is 66.6 Å². The van der Waals surface area contributed by atoms with Crippen LogP contribution in [0.1, 0.15) is 66.7 Å². The lowest BCUT2D eigenvalue weighted by molar-refractivity contribution is -0.832. The number of sulfone groups is 1. The summed E-state index contributed by atoms with van der Waals surface area (Å²) >= 11 is 0. The van der Waals surface area contributed by atoms with Crippen molar-refractivity contribution in [3.05, 3.63) is 83.1 Å². The van der Waals surface area contributed by atoms with Crippen LogP contribution in [0.5, 0.6) is 5.88 Å². The molecule has 4 bridgehead atoms. The van der Waals surface area contributed by atoms with E-state index in [1.807, 2.05) is 13.8 Å². The highest BCUT2D eigenvalue weighted by Crippen LogP contribution is 2.76. The van der Waals surface area contributed by atoms with Crippen LogP contribution in [0, 0.1) is 39.2 Å². The summed E-state index contributed by atoms with van der Waals surface area (Å²) in [5.41, 5.74) is -3.82. The molecule has 2 aliphatic heterocycles. The van der Waals surface area contributed by atoms with Gasteiger partial charge in [0.15, 0.2) is 5.78 Å². The molecule has 2 spiro atoms. The number of ketones is 1. The number of hydrogen-bond donors (Lipinski definition) is 3. The number of esters is 2. The van der Waals surface area contributed by atoms with Gasteiger partial charge < -0.3 is 39.5 Å². The molecule has 3 heterocycles. The van der Waals surface area contributed by atoms with Gasteiger partial charge in [-0.05, 0) is 71.8 Å². The summed E-state index contributed by atoms with van der Waals surface area (Å²) in [6.45, 7) is 7.40. The second kappa shape index (κ2) is 13.2. The molecule has 3 N–H and O–H groups in total. The van der Waals surface area contributed by atoms with Gasteiger partial charge in [-0.3, -0.25) is 9.42 Å². The van der Waals surface area contributed by atoms with Crippen molar-refractivity contribution in [2.45, 2.75) is 80.0 Å². The minimum Gasteiger partial charge on any atom is -0.462 e. The molecule has 4 aliphatic carbocycles. The number of aliphatic hydroxyl groups is 3. The fourth-order valence-electron chi connectivity index (χ4n) is 10.8. The number of nitrogens with zero attached hydrogens (tertiary/aromatic N) is 2. The van der Waals surface area contributed by atoms with Crippen LogP contribution in [0.25, 0.3) is 0 Å². The SMILES string of the molecule is C=C1C(=O)[C@]23[C@H](OC(=O)c4ccccc4C(=O)OCCCOc4no[n+]([O-])c4S(=O)(=O)c4ccccc4)[C@H]1CC[C@H]2[C@@]12CO[C@@]3(O)[C@@H](O)[C@@H]1C(C)(C)CC[C@@H]2O. The predicted octanol–water partition coefficient (Wildman–Crippen LogP) is 2.32. The zero-order valence-electron chi connectivity index (χ0n) is 30.7. The van der Waals surface area contributed by atoms with Gasteiger partial charge in [-0.1, -0.05) is 50.8 Å². The molecule has 9 rings (SSSR count). The van der Waals surface area contributed by atoms with Gasteiger partial charge in [-0.15, -0.1) is 0 Å². The Bertz CT molecular complexity index is 2220.